The maximum atomic E-state index is 12.4. The van der Waals surface area contributed by atoms with Crippen molar-refractivity contribution >= 4 is 0 Å². The number of nitrogens with one attached hydrogen (secondary N) is 1. The molecule has 108 valence electrons. The molecule has 19 heavy (non-hydrogen) atoms. The number of benzene rings is 1. The zero-order valence-electron chi connectivity index (χ0n) is 11.7. The minimum atomic E-state index is -4.25. The predicted octanol–water partition coefficient (Wildman–Crippen LogP) is 4.27. The van der Waals surface area contributed by atoms with Gasteiger partial charge in [-0.1, -0.05) is 32.9 Å². The fraction of sp³-hybridized carbons (Fsp3) is 0.600. The number of alkyl halides is 3. The van der Waals surface area contributed by atoms with E-state index in [0.717, 1.165) is 37.1 Å². The van der Waals surface area contributed by atoms with Crippen molar-refractivity contribution in [2.45, 2.75) is 45.8 Å². The van der Waals surface area contributed by atoms with Crippen LogP contribution < -0.4 is 5.32 Å². The second-order valence-electron chi connectivity index (χ2n) is 5.14. The van der Waals surface area contributed by atoms with Crippen LogP contribution in [0.2, 0.25) is 0 Å². The smallest absolute Gasteiger partial charge is 0.314 e. The van der Waals surface area contributed by atoms with Crippen molar-refractivity contribution in [1.29, 1.82) is 0 Å². The third-order valence-electron chi connectivity index (χ3n) is 3.30. The Morgan fingerprint density at radius 2 is 1.68 bits per heavy atom. The van der Waals surface area contributed by atoms with Gasteiger partial charge in [0.15, 0.2) is 0 Å². The Labute approximate surface area is 113 Å². The Kier molecular flexibility index (Phi) is 5.85. The highest BCUT2D eigenvalue weighted by Gasteiger charge is 2.29. The molecular weight excluding hydrogens is 251 g/mol. The number of aryl methyl sites for hydroxylation is 1. The molecule has 1 nitrogen and oxygen atoms in total. The molecule has 1 unspecified atom stereocenters. The third kappa shape index (κ3) is 5.23. The maximum absolute atomic E-state index is 12.4. The van der Waals surface area contributed by atoms with Crippen LogP contribution in [0.1, 0.15) is 38.3 Å². The molecule has 0 radical (unpaired) electrons. The highest BCUT2D eigenvalue weighted by Crippen LogP contribution is 2.29. The average Bonchev–Trinajstić information content (AvgIpc) is 2.33. The molecule has 0 heterocycles. The van der Waals surface area contributed by atoms with Crippen LogP contribution in [-0.2, 0) is 12.6 Å². The first kappa shape index (κ1) is 16.0. The Morgan fingerprint density at radius 1 is 1.11 bits per heavy atom. The molecule has 0 saturated carbocycles. The monoisotopic (exact) mass is 273 g/mol. The van der Waals surface area contributed by atoms with E-state index in [0.29, 0.717) is 12.0 Å². The first-order valence-corrected chi connectivity index (χ1v) is 6.74. The van der Waals surface area contributed by atoms with Gasteiger partial charge in [0.1, 0.15) is 0 Å². The fourth-order valence-corrected chi connectivity index (χ4v) is 2.12. The van der Waals surface area contributed by atoms with Crippen LogP contribution in [0.5, 0.6) is 0 Å². The lowest BCUT2D eigenvalue weighted by molar-refractivity contribution is -0.137. The van der Waals surface area contributed by atoms with Crippen molar-refractivity contribution in [1.82, 2.24) is 5.32 Å². The molecule has 0 aliphatic carbocycles. The first-order chi connectivity index (χ1) is 8.84. The van der Waals surface area contributed by atoms with Crippen molar-refractivity contribution < 1.29 is 13.2 Å². The number of rotatable bonds is 6. The van der Waals surface area contributed by atoms with Crippen LogP contribution in [0.25, 0.3) is 0 Å². The maximum Gasteiger partial charge on any atom is 0.416 e. The largest absolute Gasteiger partial charge is 0.416 e. The molecule has 1 aromatic carbocycles. The molecule has 0 spiro atoms. The van der Waals surface area contributed by atoms with E-state index in [2.05, 4.69) is 26.1 Å². The molecule has 1 aromatic rings. The average molecular weight is 273 g/mol. The lowest BCUT2D eigenvalue weighted by atomic mass is 9.96. The Balaban J connectivity index is 2.58. The van der Waals surface area contributed by atoms with Gasteiger partial charge in [0.25, 0.3) is 0 Å². The number of hydrogen-bond donors (Lipinski definition) is 1. The van der Waals surface area contributed by atoms with Gasteiger partial charge < -0.3 is 5.32 Å². The van der Waals surface area contributed by atoms with Crippen molar-refractivity contribution in [3.8, 4) is 0 Å². The summed E-state index contributed by atoms with van der Waals surface area (Å²) in [4.78, 5) is 0. The van der Waals surface area contributed by atoms with Crippen molar-refractivity contribution in [2.24, 2.45) is 5.92 Å². The molecule has 1 N–H and O–H groups in total. The second-order valence-corrected chi connectivity index (χ2v) is 5.14. The zero-order chi connectivity index (χ0) is 14.5. The van der Waals surface area contributed by atoms with Gasteiger partial charge in [-0.3, -0.25) is 0 Å². The molecule has 1 atom stereocenters. The molecule has 0 aromatic heterocycles. The van der Waals surface area contributed by atoms with E-state index in [1.165, 1.54) is 0 Å². The van der Waals surface area contributed by atoms with Crippen LogP contribution in [0.4, 0.5) is 13.2 Å². The standard InChI is InChI=1S/C15H22F3N/c1-4-19-14(11(2)3)10-7-12-5-8-13(9-6-12)15(16,17)18/h5-6,8-9,11,14,19H,4,7,10H2,1-3H3. The summed E-state index contributed by atoms with van der Waals surface area (Å²) in [6.07, 6.45) is -2.51. The zero-order valence-corrected chi connectivity index (χ0v) is 11.7. The van der Waals surface area contributed by atoms with Gasteiger partial charge in [0.05, 0.1) is 5.56 Å². The highest BCUT2D eigenvalue weighted by atomic mass is 19.4. The van der Waals surface area contributed by atoms with Crippen molar-refractivity contribution in [2.75, 3.05) is 6.54 Å². The molecule has 0 fully saturated rings. The summed E-state index contributed by atoms with van der Waals surface area (Å²) in [7, 11) is 0. The van der Waals surface area contributed by atoms with Crippen molar-refractivity contribution in [3.05, 3.63) is 35.4 Å². The summed E-state index contributed by atoms with van der Waals surface area (Å²) in [5.74, 6) is 0.523. The van der Waals surface area contributed by atoms with E-state index in [1.807, 2.05) is 0 Å². The minimum Gasteiger partial charge on any atom is -0.314 e. The third-order valence-corrected chi connectivity index (χ3v) is 3.30. The van der Waals surface area contributed by atoms with Gasteiger partial charge in [-0.25, -0.2) is 0 Å². The summed E-state index contributed by atoms with van der Waals surface area (Å²) in [5.41, 5.74) is 0.375. The van der Waals surface area contributed by atoms with Gasteiger partial charge in [-0.2, -0.15) is 13.2 Å². The van der Waals surface area contributed by atoms with Crippen LogP contribution in [0, 0.1) is 5.92 Å². The van der Waals surface area contributed by atoms with E-state index in [4.69, 9.17) is 0 Å². The molecule has 0 amide bonds. The Bertz CT molecular complexity index is 368. The van der Waals surface area contributed by atoms with Gasteiger partial charge >= 0.3 is 6.18 Å². The van der Waals surface area contributed by atoms with Crippen LogP contribution >= 0.6 is 0 Å². The predicted molar refractivity (Wildman–Crippen MR) is 72.1 cm³/mol. The second kappa shape index (κ2) is 6.94. The summed E-state index contributed by atoms with van der Waals surface area (Å²) in [6.45, 7) is 7.28. The van der Waals surface area contributed by atoms with Crippen molar-refractivity contribution in [3.63, 3.8) is 0 Å². The molecule has 0 bridgehead atoms. The van der Waals surface area contributed by atoms with Gasteiger partial charge in [-0.05, 0) is 43.0 Å². The fourth-order valence-electron chi connectivity index (χ4n) is 2.12. The Hall–Kier alpha value is -1.03. The topological polar surface area (TPSA) is 12.0 Å². The van der Waals surface area contributed by atoms with E-state index in [9.17, 15) is 13.2 Å². The number of hydrogen-bond acceptors (Lipinski definition) is 1. The quantitative estimate of drug-likeness (QED) is 0.816. The van der Waals surface area contributed by atoms with Gasteiger partial charge in [0, 0.05) is 6.04 Å². The molecule has 0 aliphatic heterocycles. The lowest BCUT2D eigenvalue weighted by Gasteiger charge is -2.21. The highest BCUT2D eigenvalue weighted by molar-refractivity contribution is 5.24. The summed E-state index contributed by atoms with van der Waals surface area (Å²) in [6, 6.07) is 5.88. The Morgan fingerprint density at radius 3 is 2.11 bits per heavy atom. The van der Waals surface area contributed by atoms with Crippen LogP contribution in [0.15, 0.2) is 24.3 Å². The van der Waals surface area contributed by atoms with Crippen LogP contribution in [-0.4, -0.2) is 12.6 Å². The number of halogens is 3. The lowest BCUT2D eigenvalue weighted by Crippen LogP contribution is -2.34. The minimum absolute atomic E-state index is 0.410. The van der Waals surface area contributed by atoms with E-state index < -0.39 is 11.7 Å². The SMILES string of the molecule is CCNC(CCc1ccc(C(F)(F)F)cc1)C(C)C. The first-order valence-electron chi connectivity index (χ1n) is 6.74. The summed E-state index contributed by atoms with van der Waals surface area (Å²) >= 11 is 0. The van der Waals surface area contributed by atoms with Crippen LogP contribution in [0.3, 0.4) is 0 Å². The summed E-state index contributed by atoms with van der Waals surface area (Å²) < 4.78 is 37.3. The molecule has 4 heteroatoms. The summed E-state index contributed by atoms with van der Waals surface area (Å²) in [5, 5.41) is 3.41. The molecule has 1 rings (SSSR count). The van der Waals surface area contributed by atoms with E-state index in [-0.39, 0.29) is 0 Å². The molecule has 0 saturated heterocycles. The normalized spacial score (nSPS) is 13.8. The van der Waals surface area contributed by atoms with E-state index >= 15 is 0 Å². The molecule has 0 aliphatic rings. The van der Waals surface area contributed by atoms with E-state index in [1.54, 1.807) is 12.1 Å². The molecular formula is C15H22F3N. The van der Waals surface area contributed by atoms with Gasteiger partial charge in [0.2, 0.25) is 0 Å². The van der Waals surface area contributed by atoms with Gasteiger partial charge in [-0.15, -0.1) is 0 Å².